The van der Waals surface area contributed by atoms with Gasteiger partial charge in [0.15, 0.2) is 5.13 Å². The molecule has 0 spiro atoms. The number of alkyl halides is 3. The van der Waals surface area contributed by atoms with Crippen LogP contribution in [-0.2, 0) is 16.2 Å². The summed E-state index contributed by atoms with van der Waals surface area (Å²) in [4.78, 5) is 3.36. The van der Waals surface area contributed by atoms with E-state index in [2.05, 4.69) is 25.6 Å². The van der Waals surface area contributed by atoms with Gasteiger partial charge in [0, 0.05) is 0 Å². The Morgan fingerprint density at radius 3 is 2.52 bits per heavy atom. The van der Waals surface area contributed by atoms with Crippen molar-refractivity contribution in [1.29, 1.82) is 0 Å². The number of halogens is 4. The second-order valence-corrected chi connectivity index (χ2v) is 8.06. The highest BCUT2D eigenvalue weighted by molar-refractivity contribution is 9.11. The first-order chi connectivity index (χ1) is 9.61. The van der Waals surface area contributed by atoms with Crippen LogP contribution >= 0.6 is 27.3 Å². The number of anilines is 1. The molecule has 0 aliphatic rings. The highest BCUT2D eigenvalue weighted by Gasteiger charge is 2.34. The molecule has 0 fully saturated rings. The van der Waals surface area contributed by atoms with Crippen molar-refractivity contribution < 1.29 is 21.6 Å². The van der Waals surface area contributed by atoms with Gasteiger partial charge in [0.1, 0.15) is 0 Å². The van der Waals surface area contributed by atoms with Gasteiger partial charge in [-0.05, 0) is 40.5 Å². The minimum Gasteiger partial charge on any atom is -0.255 e. The predicted octanol–water partition coefficient (Wildman–Crippen LogP) is 4.03. The molecule has 1 aromatic carbocycles. The molecular weight excluding hydrogens is 393 g/mol. The summed E-state index contributed by atoms with van der Waals surface area (Å²) in [6.07, 6.45) is -3.22. The lowest BCUT2D eigenvalue weighted by Gasteiger charge is -2.14. The predicted molar refractivity (Wildman–Crippen MR) is 76.8 cm³/mol. The van der Waals surface area contributed by atoms with E-state index in [0.717, 1.165) is 36.5 Å². The summed E-state index contributed by atoms with van der Waals surface area (Å²) in [5.74, 6) is 0. The van der Waals surface area contributed by atoms with E-state index in [-0.39, 0.29) is 10.7 Å². The number of sulfonamides is 1. The van der Waals surface area contributed by atoms with Crippen LogP contribution < -0.4 is 4.72 Å². The van der Waals surface area contributed by atoms with E-state index in [4.69, 9.17) is 0 Å². The standard InChI is InChI=1S/C11H8BrF3N2O2S2/c1-6-7(11(13,14)15)3-2-4-8(6)21(18,19)17-10-16-5-9(12)20-10/h2-5H,1H3,(H,16,17). The van der Waals surface area contributed by atoms with Gasteiger partial charge in [-0.15, -0.1) is 0 Å². The quantitative estimate of drug-likeness (QED) is 0.845. The Kier molecular flexibility index (Phi) is 4.31. The molecule has 1 aromatic heterocycles. The first kappa shape index (κ1) is 16.2. The third-order valence-electron chi connectivity index (χ3n) is 2.58. The highest BCUT2D eigenvalue weighted by Crippen LogP contribution is 2.35. The number of hydrogen-bond donors (Lipinski definition) is 1. The minimum atomic E-state index is -4.61. The van der Waals surface area contributed by atoms with E-state index in [1.54, 1.807) is 0 Å². The smallest absolute Gasteiger partial charge is 0.255 e. The number of thiazole rings is 1. The lowest BCUT2D eigenvalue weighted by atomic mass is 10.1. The molecule has 0 aliphatic heterocycles. The number of benzene rings is 1. The molecule has 21 heavy (non-hydrogen) atoms. The highest BCUT2D eigenvalue weighted by atomic mass is 79.9. The summed E-state index contributed by atoms with van der Waals surface area (Å²) in [6.45, 7) is 1.12. The molecule has 114 valence electrons. The molecule has 0 amide bonds. The van der Waals surface area contributed by atoms with Gasteiger partial charge in [0.05, 0.1) is 20.4 Å². The fourth-order valence-electron chi connectivity index (χ4n) is 1.68. The lowest BCUT2D eigenvalue weighted by molar-refractivity contribution is -0.138. The molecule has 0 radical (unpaired) electrons. The van der Waals surface area contributed by atoms with Gasteiger partial charge < -0.3 is 0 Å². The molecule has 2 aromatic rings. The van der Waals surface area contributed by atoms with Crippen LogP contribution in [0.4, 0.5) is 18.3 Å². The first-order valence-corrected chi connectivity index (χ1v) is 8.51. The molecule has 2 rings (SSSR count). The van der Waals surface area contributed by atoms with E-state index >= 15 is 0 Å². The van der Waals surface area contributed by atoms with E-state index < -0.39 is 26.7 Å². The average molecular weight is 401 g/mol. The van der Waals surface area contributed by atoms with E-state index in [9.17, 15) is 21.6 Å². The van der Waals surface area contributed by atoms with Crippen molar-refractivity contribution in [2.45, 2.75) is 18.0 Å². The number of aromatic nitrogens is 1. The summed E-state index contributed by atoms with van der Waals surface area (Å²) >= 11 is 4.14. The molecule has 1 heterocycles. The van der Waals surface area contributed by atoms with E-state index in [0.29, 0.717) is 3.79 Å². The Labute approximate surface area is 131 Å². The van der Waals surface area contributed by atoms with Crippen LogP contribution in [0.3, 0.4) is 0 Å². The average Bonchev–Trinajstić information content (AvgIpc) is 2.72. The Hall–Kier alpha value is -1.13. The van der Waals surface area contributed by atoms with Crippen LogP contribution in [0.1, 0.15) is 11.1 Å². The van der Waals surface area contributed by atoms with Crippen molar-refractivity contribution in [3.63, 3.8) is 0 Å². The number of hydrogen-bond acceptors (Lipinski definition) is 4. The Bertz CT molecular complexity index is 772. The second kappa shape index (κ2) is 5.58. The molecule has 4 nitrogen and oxygen atoms in total. The van der Waals surface area contributed by atoms with Crippen LogP contribution in [0, 0.1) is 6.92 Å². The fourth-order valence-corrected chi connectivity index (χ4v) is 4.30. The third-order valence-corrected chi connectivity index (χ3v) is 5.58. The van der Waals surface area contributed by atoms with Gasteiger partial charge in [0.2, 0.25) is 0 Å². The number of nitrogens with one attached hydrogen (secondary N) is 1. The summed E-state index contributed by atoms with van der Waals surface area (Å²) < 4.78 is 65.6. The van der Waals surface area contributed by atoms with Crippen LogP contribution in [0.25, 0.3) is 0 Å². The van der Waals surface area contributed by atoms with Crippen molar-refractivity contribution in [2.75, 3.05) is 4.72 Å². The van der Waals surface area contributed by atoms with E-state index in [1.807, 2.05) is 0 Å². The summed E-state index contributed by atoms with van der Waals surface area (Å²) in [5, 5.41) is 0.0682. The molecule has 0 saturated carbocycles. The molecule has 10 heteroatoms. The van der Waals surface area contributed by atoms with Crippen molar-refractivity contribution in [3.8, 4) is 0 Å². The maximum absolute atomic E-state index is 12.8. The van der Waals surface area contributed by atoms with E-state index in [1.165, 1.54) is 6.20 Å². The number of rotatable bonds is 3. The fraction of sp³-hybridized carbons (Fsp3) is 0.182. The maximum Gasteiger partial charge on any atom is 0.416 e. The maximum atomic E-state index is 12.8. The SMILES string of the molecule is Cc1c(C(F)(F)F)cccc1S(=O)(=O)Nc1ncc(Br)s1. The van der Waals surface area contributed by atoms with Crippen LogP contribution in [-0.4, -0.2) is 13.4 Å². The normalized spacial score (nSPS) is 12.4. The largest absolute Gasteiger partial charge is 0.416 e. The zero-order chi connectivity index (χ0) is 15.8. The van der Waals surface area contributed by atoms with Gasteiger partial charge >= 0.3 is 6.18 Å². The molecule has 0 bridgehead atoms. The summed E-state index contributed by atoms with van der Waals surface area (Å²) in [7, 11) is -4.14. The molecule has 1 N–H and O–H groups in total. The topological polar surface area (TPSA) is 59.1 Å². The first-order valence-electron chi connectivity index (χ1n) is 5.42. The van der Waals surface area contributed by atoms with Crippen LogP contribution in [0.15, 0.2) is 33.1 Å². The van der Waals surface area contributed by atoms with Crippen molar-refractivity contribution in [2.24, 2.45) is 0 Å². The number of nitrogens with zero attached hydrogens (tertiary/aromatic N) is 1. The lowest BCUT2D eigenvalue weighted by Crippen LogP contribution is -2.17. The minimum absolute atomic E-state index is 0.0682. The van der Waals surface area contributed by atoms with Gasteiger partial charge in [-0.3, -0.25) is 4.72 Å². The second-order valence-electron chi connectivity index (χ2n) is 4.00. The zero-order valence-corrected chi connectivity index (χ0v) is 13.6. The van der Waals surface area contributed by atoms with Gasteiger partial charge in [-0.1, -0.05) is 17.4 Å². The van der Waals surface area contributed by atoms with Gasteiger partial charge in [-0.25, -0.2) is 13.4 Å². The van der Waals surface area contributed by atoms with Crippen LogP contribution in [0.5, 0.6) is 0 Å². The van der Waals surface area contributed by atoms with Crippen LogP contribution in [0.2, 0.25) is 0 Å². The molecule has 0 atom stereocenters. The molecule has 0 unspecified atom stereocenters. The van der Waals surface area contributed by atoms with Crippen molar-refractivity contribution >= 4 is 42.4 Å². The zero-order valence-electron chi connectivity index (χ0n) is 10.4. The Morgan fingerprint density at radius 1 is 1.33 bits per heavy atom. The summed E-state index contributed by atoms with van der Waals surface area (Å²) in [6, 6.07) is 3.02. The molecular formula is C11H8BrF3N2O2S2. The molecule has 0 aliphatic carbocycles. The van der Waals surface area contributed by atoms with Crippen molar-refractivity contribution in [3.05, 3.63) is 39.3 Å². The van der Waals surface area contributed by atoms with Gasteiger partial charge in [-0.2, -0.15) is 13.2 Å². The Balaban J connectivity index is 2.46. The monoisotopic (exact) mass is 400 g/mol. The Morgan fingerprint density at radius 2 is 2.00 bits per heavy atom. The van der Waals surface area contributed by atoms with Gasteiger partial charge in [0.25, 0.3) is 10.0 Å². The summed E-state index contributed by atoms with van der Waals surface area (Å²) in [5.41, 5.74) is -1.33. The van der Waals surface area contributed by atoms with Crippen molar-refractivity contribution in [1.82, 2.24) is 4.98 Å². The third kappa shape index (κ3) is 3.55. The molecule has 0 saturated heterocycles.